The van der Waals surface area contributed by atoms with Gasteiger partial charge in [-0.3, -0.25) is 14.4 Å². The molecule has 3 heteroatoms. The fourth-order valence-corrected chi connectivity index (χ4v) is 7.84. The molecule has 0 N–H and O–H groups in total. The monoisotopic (exact) mass is 454 g/mol. The Hall–Kier alpha value is -4.11. The van der Waals surface area contributed by atoms with E-state index in [-0.39, 0.29) is 17.3 Å². The molecule has 1 fully saturated rings. The summed E-state index contributed by atoms with van der Waals surface area (Å²) in [6.07, 6.45) is 0. The lowest BCUT2D eigenvalue weighted by molar-refractivity contribution is -0.122. The van der Waals surface area contributed by atoms with Gasteiger partial charge >= 0.3 is 0 Å². The minimum atomic E-state index is -1.23. The molecule has 0 bridgehead atoms. The highest BCUT2D eigenvalue weighted by Crippen LogP contribution is 2.92. The second-order valence-electron chi connectivity index (χ2n) is 9.88. The van der Waals surface area contributed by atoms with Crippen molar-refractivity contribution in [1.82, 2.24) is 0 Å². The summed E-state index contributed by atoms with van der Waals surface area (Å²) in [6, 6.07) is 33.9. The lowest BCUT2D eigenvalue weighted by Crippen LogP contribution is -2.47. The lowest BCUT2D eigenvalue weighted by atomic mass is 9.62. The summed E-state index contributed by atoms with van der Waals surface area (Å²) >= 11 is 0. The SMILES string of the molecule is CC(=O)[C@@]12c3ccccc3[C@@H]3[C@]1(C(=O)c1ccccc1)[C@]3(C(=O)c1ccccc1)c1ccccc12. The van der Waals surface area contributed by atoms with Gasteiger partial charge in [0.15, 0.2) is 11.6 Å². The third-order valence-corrected chi connectivity index (χ3v) is 8.74. The Morgan fingerprint density at radius 1 is 0.571 bits per heavy atom. The van der Waals surface area contributed by atoms with Crippen LogP contribution in [-0.4, -0.2) is 17.3 Å². The van der Waals surface area contributed by atoms with Gasteiger partial charge in [0.05, 0.1) is 16.2 Å². The fourth-order valence-electron chi connectivity index (χ4n) is 7.84. The summed E-state index contributed by atoms with van der Waals surface area (Å²) in [5, 5.41) is 0. The normalized spacial score (nSPS) is 28.5. The van der Waals surface area contributed by atoms with E-state index in [0.717, 1.165) is 22.3 Å². The predicted octanol–water partition coefficient (Wildman–Crippen LogP) is 5.68. The molecule has 0 unspecified atom stereocenters. The molecule has 3 nitrogen and oxygen atoms in total. The highest BCUT2D eigenvalue weighted by Gasteiger charge is 2.98. The highest BCUT2D eigenvalue weighted by molar-refractivity contribution is 6.26. The van der Waals surface area contributed by atoms with E-state index in [1.807, 2.05) is 97.1 Å². The van der Waals surface area contributed by atoms with E-state index in [1.165, 1.54) is 0 Å². The molecule has 0 amide bonds. The molecule has 7 rings (SSSR count). The summed E-state index contributed by atoms with van der Waals surface area (Å²) < 4.78 is 0. The molecule has 3 aliphatic rings. The largest absolute Gasteiger partial charge is 0.299 e. The summed E-state index contributed by atoms with van der Waals surface area (Å²) in [5.41, 5.74) is 0.945. The number of Topliss-reactive ketones (excluding diaryl/α,β-unsaturated/α-hetero) is 3. The molecule has 0 saturated heterocycles. The van der Waals surface area contributed by atoms with Crippen molar-refractivity contribution in [2.75, 3.05) is 0 Å². The van der Waals surface area contributed by atoms with Gasteiger partial charge in [-0.1, -0.05) is 109 Å². The Morgan fingerprint density at radius 2 is 1.06 bits per heavy atom. The van der Waals surface area contributed by atoms with Crippen molar-refractivity contribution in [1.29, 1.82) is 0 Å². The fraction of sp³-hybridized carbons (Fsp3) is 0.156. The molecule has 1 saturated carbocycles. The summed E-state index contributed by atoms with van der Waals surface area (Å²) in [6.45, 7) is 1.58. The minimum absolute atomic E-state index is 0.0857. The molecule has 0 heterocycles. The standard InChI is InChI=1S/C32H22O3/c1-20(33)30-24-17-9-8-16-23(24)27-31(26-19-11-10-18-25(26)30,28(34)21-12-4-2-5-13-21)32(27,30)29(35)22-14-6-3-7-15-22/h2-19,27H,1H3/t27-,30-,31+,32+/m0/s1. The third kappa shape index (κ3) is 1.93. The Morgan fingerprint density at radius 3 is 1.66 bits per heavy atom. The predicted molar refractivity (Wildman–Crippen MR) is 133 cm³/mol. The number of carbonyl (C=O) groups excluding carboxylic acids is 3. The third-order valence-electron chi connectivity index (χ3n) is 8.74. The zero-order valence-electron chi connectivity index (χ0n) is 19.2. The maximum Gasteiger partial charge on any atom is 0.175 e. The number of hydrogen-bond donors (Lipinski definition) is 0. The number of carbonyl (C=O) groups is 3. The molecule has 4 atom stereocenters. The highest BCUT2D eigenvalue weighted by atomic mass is 16.2. The summed E-state index contributed by atoms with van der Waals surface area (Å²) in [7, 11) is 0. The van der Waals surface area contributed by atoms with E-state index in [1.54, 1.807) is 19.1 Å². The molecular weight excluding hydrogens is 432 g/mol. The lowest BCUT2D eigenvalue weighted by Gasteiger charge is -2.35. The smallest absolute Gasteiger partial charge is 0.175 e. The van der Waals surface area contributed by atoms with Gasteiger partial charge in [-0.05, 0) is 29.2 Å². The molecule has 168 valence electrons. The zero-order chi connectivity index (χ0) is 24.0. The van der Waals surface area contributed by atoms with Crippen LogP contribution in [0.3, 0.4) is 0 Å². The van der Waals surface area contributed by atoms with Crippen LogP contribution >= 0.6 is 0 Å². The van der Waals surface area contributed by atoms with Gasteiger partial charge in [-0.15, -0.1) is 0 Å². The Balaban J connectivity index is 1.65. The van der Waals surface area contributed by atoms with Crippen molar-refractivity contribution in [2.24, 2.45) is 5.41 Å². The molecule has 3 aliphatic carbocycles. The van der Waals surface area contributed by atoms with E-state index in [2.05, 4.69) is 0 Å². The summed E-state index contributed by atoms with van der Waals surface area (Å²) in [5.74, 6) is -0.706. The van der Waals surface area contributed by atoms with Gasteiger partial charge in [-0.25, -0.2) is 0 Å². The Bertz CT molecular complexity index is 1570. The maximum absolute atomic E-state index is 14.8. The van der Waals surface area contributed by atoms with Crippen LogP contribution in [0.4, 0.5) is 0 Å². The van der Waals surface area contributed by atoms with Crippen molar-refractivity contribution >= 4 is 17.3 Å². The molecule has 4 aromatic rings. The van der Waals surface area contributed by atoms with Gasteiger partial charge in [0.1, 0.15) is 5.78 Å². The van der Waals surface area contributed by atoms with Crippen LogP contribution in [0.25, 0.3) is 0 Å². The van der Waals surface area contributed by atoms with Gasteiger partial charge in [-0.2, -0.15) is 0 Å². The number of hydrogen-bond acceptors (Lipinski definition) is 3. The van der Waals surface area contributed by atoms with Crippen LogP contribution in [0.1, 0.15) is 55.8 Å². The van der Waals surface area contributed by atoms with Crippen molar-refractivity contribution in [3.05, 3.63) is 143 Å². The molecule has 0 aromatic heterocycles. The van der Waals surface area contributed by atoms with E-state index < -0.39 is 22.2 Å². The van der Waals surface area contributed by atoms with Crippen LogP contribution < -0.4 is 0 Å². The molecule has 35 heavy (non-hydrogen) atoms. The zero-order valence-corrected chi connectivity index (χ0v) is 19.2. The molecule has 0 radical (unpaired) electrons. The molecule has 4 aromatic carbocycles. The summed E-state index contributed by atoms with van der Waals surface area (Å²) in [4.78, 5) is 43.3. The van der Waals surface area contributed by atoms with E-state index in [4.69, 9.17) is 0 Å². The van der Waals surface area contributed by atoms with Crippen molar-refractivity contribution in [3.8, 4) is 0 Å². The van der Waals surface area contributed by atoms with Crippen LogP contribution in [-0.2, 0) is 15.6 Å². The number of ketones is 3. The Labute approximate surface area is 203 Å². The first kappa shape index (κ1) is 20.3. The van der Waals surface area contributed by atoms with Gasteiger partial charge in [0.2, 0.25) is 0 Å². The van der Waals surface area contributed by atoms with Crippen molar-refractivity contribution < 1.29 is 14.4 Å². The van der Waals surface area contributed by atoms with Crippen LogP contribution in [0.2, 0.25) is 0 Å². The first-order valence-corrected chi connectivity index (χ1v) is 12.0. The van der Waals surface area contributed by atoms with Crippen LogP contribution in [0.5, 0.6) is 0 Å². The average Bonchev–Trinajstić information content (AvgIpc) is 3.38. The average molecular weight is 455 g/mol. The van der Waals surface area contributed by atoms with Gasteiger partial charge in [0.25, 0.3) is 0 Å². The topological polar surface area (TPSA) is 51.2 Å². The van der Waals surface area contributed by atoms with Crippen LogP contribution in [0.15, 0.2) is 109 Å². The molecule has 0 spiro atoms. The van der Waals surface area contributed by atoms with Crippen molar-refractivity contribution in [3.63, 3.8) is 0 Å². The number of rotatable bonds is 5. The first-order chi connectivity index (χ1) is 17.1. The minimum Gasteiger partial charge on any atom is -0.299 e. The second kappa shape index (κ2) is 6.51. The quantitative estimate of drug-likeness (QED) is 0.365. The maximum atomic E-state index is 14.8. The second-order valence-corrected chi connectivity index (χ2v) is 9.88. The Kier molecular flexibility index (Phi) is 3.77. The van der Waals surface area contributed by atoms with Gasteiger partial charge in [0, 0.05) is 17.0 Å². The molecule has 0 aliphatic heterocycles. The number of benzene rings is 4. The number of fused-ring (bicyclic) bond motifs is 7. The van der Waals surface area contributed by atoms with E-state index in [9.17, 15) is 14.4 Å². The van der Waals surface area contributed by atoms with E-state index >= 15 is 0 Å². The first-order valence-electron chi connectivity index (χ1n) is 12.0. The van der Waals surface area contributed by atoms with Crippen LogP contribution in [0, 0.1) is 5.41 Å². The van der Waals surface area contributed by atoms with Crippen molar-refractivity contribution in [2.45, 2.75) is 23.7 Å². The van der Waals surface area contributed by atoms with Gasteiger partial charge < -0.3 is 0 Å². The molecular formula is C32H22O3. The van der Waals surface area contributed by atoms with E-state index in [0.29, 0.717) is 11.1 Å².